The summed E-state index contributed by atoms with van der Waals surface area (Å²) in [5.41, 5.74) is 0. The molecule has 0 aliphatic heterocycles. The summed E-state index contributed by atoms with van der Waals surface area (Å²) in [7, 11) is 4.86. The Morgan fingerprint density at radius 1 is 0.500 bits per heavy atom. The molecule has 0 rings (SSSR count). The van der Waals surface area contributed by atoms with Gasteiger partial charge in [0.15, 0.2) is 0 Å². The maximum atomic E-state index is 5.99. The van der Waals surface area contributed by atoms with Crippen molar-refractivity contribution in [3.8, 4) is 0 Å². The third-order valence-corrected chi connectivity index (χ3v) is 5.36. The first-order valence-corrected chi connectivity index (χ1v) is 10.0. The zero-order valence-electron chi connectivity index (χ0n) is 15.5. The average molecular weight is 354 g/mol. The third kappa shape index (κ3) is 8.47. The van der Waals surface area contributed by atoms with Crippen molar-refractivity contribution in [2.45, 2.75) is 60.4 Å². The van der Waals surface area contributed by atoms with Gasteiger partial charge < -0.3 is 0 Å². The standard InChI is InChI=1S/3C5H11O2.Sc/c3*1-4(2)5(6)7-3;/h3*4-5H,1-3H3;/q3*-1;+3. The first-order chi connectivity index (χ1) is 10.3. The van der Waals surface area contributed by atoms with Gasteiger partial charge in [0.05, 0.1) is 0 Å². The number of ether oxygens (including phenoxy) is 3. The van der Waals surface area contributed by atoms with Crippen LogP contribution in [0.2, 0.25) is 0 Å². The molecule has 7 heteroatoms. The van der Waals surface area contributed by atoms with E-state index in [0.717, 1.165) is 0 Å². The molecule has 0 N–H and O–H groups in total. The summed E-state index contributed by atoms with van der Waals surface area (Å²) in [6, 6.07) is 0. The molecule has 0 bridgehead atoms. The Morgan fingerprint density at radius 3 is 0.864 bits per heavy atom. The van der Waals surface area contributed by atoms with Gasteiger partial charge in [0, 0.05) is 0 Å². The number of methoxy groups -OCH3 is 3. The molecule has 132 valence electrons. The van der Waals surface area contributed by atoms with Crippen molar-refractivity contribution >= 4 is 0 Å². The molecule has 0 aliphatic carbocycles. The third-order valence-electron chi connectivity index (χ3n) is 3.07. The topological polar surface area (TPSA) is 55.4 Å². The second-order valence-corrected chi connectivity index (χ2v) is 8.42. The Kier molecular flexibility index (Phi) is 12.4. The average Bonchev–Trinajstić information content (AvgIpc) is 2.45. The summed E-state index contributed by atoms with van der Waals surface area (Å²) in [5.74, 6) is 0.598. The fraction of sp³-hybridized carbons (Fsp3) is 1.00. The first kappa shape index (κ1) is 22.6. The molecule has 0 spiro atoms. The Labute approximate surface area is 145 Å². The number of rotatable bonds is 12. The quantitative estimate of drug-likeness (QED) is 0.501. The molecule has 22 heavy (non-hydrogen) atoms. The minimum absolute atomic E-state index is 0.199. The van der Waals surface area contributed by atoms with E-state index >= 15 is 0 Å². The first-order valence-electron chi connectivity index (χ1n) is 7.81. The molecule has 0 heterocycles. The van der Waals surface area contributed by atoms with Gasteiger partial charge in [-0.2, -0.15) is 0 Å². The van der Waals surface area contributed by atoms with E-state index in [-0.39, 0.29) is 36.6 Å². The summed E-state index contributed by atoms with van der Waals surface area (Å²) >= 11 is -3.05. The van der Waals surface area contributed by atoms with Gasteiger partial charge in [-0.15, -0.1) is 0 Å². The fourth-order valence-electron chi connectivity index (χ4n) is 1.88. The Hall–Kier alpha value is 0.630. The summed E-state index contributed by atoms with van der Waals surface area (Å²) < 4.78 is 34.1. The molecular formula is C15H33O6Sc. The van der Waals surface area contributed by atoms with Crippen LogP contribution in [0.1, 0.15) is 41.5 Å². The van der Waals surface area contributed by atoms with Crippen molar-refractivity contribution in [1.29, 1.82) is 0 Å². The van der Waals surface area contributed by atoms with Gasteiger partial charge in [-0.05, 0) is 0 Å². The molecule has 0 amide bonds. The van der Waals surface area contributed by atoms with Gasteiger partial charge in [0.25, 0.3) is 0 Å². The van der Waals surface area contributed by atoms with Gasteiger partial charge in [-0.25, -0.2) is 0 Å². The SMILES string of the molecule is COC([O][Sc]([O]C(OC)C(C)C)[O]C(OC)C(C)C)C(C)C. The second-order valence-electron chi connectivity index (χ2n) is 6.24. The molecule has 0 aliphatic rings. The van der Waals surface area contributed by atoms with Crippen molar-refractivity contribution in [2.24, 2.45) is 17.8 Å². The number of hydrogen-bond donors (Lipinski definition) is 0. The van der Waals surface area contributed by atoms with E-state index in [1.807, 2.05) is 41.5 Å². The van der Waals surface area contributed by atoms with Crippen molar-refractivity contribution in [1.82, 2.24) is 0 Å². The van der Waals surface area contributed by atoms with Crippen LogP contribution < -0.4 is 0 Å². The Bertz CT molecular complexity index is 232. The molecule has 0 radical (unpaired) electrons. The molecule has 0 fully saturated rings. The molecular weight excluding hydrogens is 321 g/mol. The van der Waals surface area contributed by atoms with E-state index in [1.54, 1.807) is 21.3 Å². The second kappa shape index (κ2) is 12.1. The summed E-state index contributed by atoms with van der Waals surface area (Å²) in [5, 5.41) is 0. The van der Waals surface area contributed by atoms with Crippen LogP contribution in [-0.4, -0.2) is 40.2 Å². The zero-order valence-corrected chi connectivity index (χ0v) is 17.3. The van der Waals surface area contributed by atoms with Crippen molar-refractivity contribution in [3.05, 3.63) is 0 Å². The van der Waals surface area contributed by atoms with Gasteiger partial charge in [-0.3, -0.25) is 0 Å². The molecule has 0 aromatic heterocycles. The summed E-state index contributed by atoms with van der Waals surface area (Å²) in [6.45, 7) is 12.2. The molecule has 3 atom stereocenters. The van der Waals surface area contributed by atoms with Crippen LogP contribution in [0.3, 0.4) is 0 Å². The fourth-order valence-corrected chi connectivity index (χ4v) is 5.20. The summed E-state index contributed by atoms with van der Waals surface area (Å²) in [4.78, 5) is 0. The molecule has 0 aromatic rings. The van der Waals surface area contributed by atoms with Crippen LogP contribution in [0, 0.1) is 17.8 Å². The number of hydrogen-bond acceptors (Lipinski definition) is 6. The summed E-state index contributed by atoms with van der Waals surface area (Å²) in [6.07, 6.45) is -1.09. The van der Waals surface area contributed by atoms with E-state index in [9.17, 15) is 0 Å². The molecule has 0 saturated heterocycles. The zero-order chi connectivity index (χ0) is 17.3. The van der Waals surface area contributed by atoms with Gasteiger partial charge in [-0.1, -0.05) is 0 Å². The van der Waals surface area contributed by atoms with E-state index in [0.29, 0.717) is 0 Å². The molecule has 6 nitrogen and oxygen atoms in total. The van der Waals surface area contributed by atoms with Crippen LogP contribution in [0.15, 0.2) is 0 Å². The minimum atomic E-state index is -3.05. The van der Waals surface area contributed by atoms with Gasteiger partial charge in [0.2, 0.25) is 0 Å². The maximum absolute atomic E-state index is 5.99. The van der Waals surface area contributed by atoms with E-state index in [1.165, 1.54) is 0 Å². The Balaban J connectivity index is 4.95. The normalized spacial score (nSPS) is 16.4. The van der Waals surface area contributed by atoms with Crippen LogP contribution >= 0.6 is 0 Å². The van der Waals surface area contributed by atoms with Crippen LogP contribution in [0.25, 0.3) is 0 Å². The van der Waals surface area contributed by atoms with Crippen molar-refractivity contribution in [3.63, 3.8) is 0 Å². The van der Waals surface area contributed by atoms with E-state index < -0.39 is 22.7 Å². The predicted molar refractivity (Wildman–Crippen MR) is 80.2 cm³/mol. The van der Waals surface area contributed by atoms with Crippen molar-refractivity contribution < 1.29 is 45.5 Å². The van der Waals surface area contributed by atoms with Gasteiger partial charge in [0.1, 0.15) is 0 Å². The van der Waals surface area contributed by atoms with Crippen LogP contribution in [0.5, 0.6) is 0 Å². The Morgan fingerprint density at radius 2 is 0.727 bits per heavy atom. The molecule has 0 saturated carbocycles. The predicted octanol–water partition coefficient (Wildman–Crippen LogP) is 3.28. The monoisotopic (exact) mass is 354 g/mol. The van der Waals surface area contributed by atoms with E-state index in [4.69, 9.17) is 22.8 Å². The molecule has 0 aromatic carbocycles. The van der Waals surface area contributed by atoms with Crippen molar-refractivity contribution in [2.75, 3.05) is 21.3 Å². The van der Waals surface area contributed by atoms with Crippen LogP contribution in [-0.2, 0) is 45.5 Å². The van der Waals surface area contributed by atoms with Gasteiger partial charge >= 0.3 is 145 Å². The molecule has 3 unspecified atom stereocenters. The van der Waals surface area contributed by atoms with Crippen LogP contribution in [0.4, 0.5) is 0 Å². The van der Waals surface area contributed by atoms with E-state index in [2.05, 4.69) is 0 Å².